The predicted octanol–water partition coefficient (Wildman–Crippen LogP) is 4.41. The lowest BCUT2D eigenvalue weighted by molar-refractivity contribution is 0.475. The number of benzene rings is 2. The molecule has 0 fully saturated rings. The Morgan fingerprint density at radius 3 is 2.29 bits per heavy atom. The predicted molar refractivity (Wildman–Crippen MR) is 97.6 cm³/mol. The number of nitrogens with zero attached hydrogens (tertiary/aromatic N) is 2. The average molecular weight is 320 g/mol. The Kier molecular flexibility index (Phi) is 4.61. The Morgan fingerprint density at radius 2 is 1.62 bits per heavy atom. The largest absolute Gasteiger partial charge is 0.508 e. The fourth-order valence-corrected chi connectivity index (χ4v) is 2.28. The van der Waals surface area contributed by atoms with Crippen molar-refractivity contribution >= 4 is 17.5 Å². The third-order valence-electron chi connectivity index (χ3n) is 3.35. The van der Waals surface area contributed by atoms with Gasteiger partial charge in [-0.15, -0.1) is 0 Å². The molecular weight excluding hydrogens is 300 g/mol. The lowest BCUT2D eigenvalue weighted by atomic mass is 10.1. The molecule has 1 heterocycles. The average Bonchev–Trinajstić information content (AvgIpc) is 2.57. The maximum atomic E-state index is 9.40. The molecule has 3 rings (SSSR count). The van der Waals surface area contributed by atoms with Crippen molar-refractivity contribution in [2.75, 3.05) is 10.6 Å². The Labute approximate surface area is 141 Å². The maximum absolute atomic E-state index is 9.40. The highest BCUT2D eigenvalue weighted by Gasteiger charge is 2.08. The van der Waals surface area contributed by atoms with Gasteiger partial charge in [0.1, 0.15) is 11.6 Å². The molecule has 0 saturated heterocycles. The first-order valence-corrected chi connectivity index (χ1v) is 7.87. The molecule has 0 amide bonds. The third kappa shape index (κ3) is 4.01. The molecule has 0 aliphatic heterocycles. The number of hydrogen-bond donors (Lipinski definition) is 3. The third-order valence-corrected chi connectivity index (χ3v) is 3.35. The Balaban J connectivity index is 1.96. The Bertz CT molecular complexity index is 801. The van der Waals surface area contributed by atoms with Gasteiger partial charge in [-0.05, 0) is 38.1 Å². The van der Waals surface area contributed by atoms with Crippen LogP contribution in [0, 0.1) is 0 Å². The van der Waals surface area contributed by atoms with Crippen molar-refractivity contribution < 1.29 is 5.11 Å². The maximum Gasteiger partial charge on any atom is 0.225 e. The van der Waals surface area contributed by atoms with Gasteiger partial charge in [-0.25, -0.2) is 4.98 Å². The second-order valence-corrected chi connectivity index (χ2v) is 5.80. The van der Waals surface area contributed by atoms with Gasteiger partial charge < -0.3 is 15.7 Å². The summed E-state index contributed by atoms with van der Waals surface area (Å²) < 4.78 is 0. The van der Waals surface area contributed by atoms with Gasteiger partial charge in [0, 0.05) is 23.4 Å². The molecule has 5 heteroatoms. The summed E-state index contributed by atoms with van der Waals surface area (Å²) in [5.41, 5.74) is 2.72. The van der Waals surface area contributed by atoms with E-state index in [0.29, 0.717) is 11.8 Å². The highest BCUT2D eigenvalue weighted by Crippen LogP contribution is 2.24. The van der Waals surface area contributed by atoms with Gasteiger partial charge in [0.2, 0.25) is 5.95 Å². The molecule has 3 N–H and O–H groups in total. The van der Waals surface area contributed by atoms with E-state index >= 15 is 0 Å². The molecule has 3 aromatic rings. The summed E-state index contributed by atoms with van der Waals surface area (Å²) in [5, 5.41) is 15.9. The van der Waals surface area contributed by atoms with Gasteiger partial charge in [0.15, 0.2) is 0 Å². The van der Waals surface area contributed by atoms with Crippen LogP contribution in [0.1, 0.15) is 13.8 Å². The highest BCUT2D eigenvalue weighted by molar-refractivity contribution is 5.67. The molecule has 5 nitrogen and oxygen atoms in total. The van der Waals surface area contributed by atoms with Crippen molar-refractivity contribution in [3.63, 3.8) is 0 Å². The van der Waals surface area contributed by atoms with E-state index in [0.717, 1.165) is 16.9 Å². The topological polar surface area (TPSA) is 70.1 Å². The van der Waals surface area contributed by atoms with Crippen LogP contribution in [0.2, 0.25) is 0 Å². The van der Waals surface area contributed by atoms with Crippen molar-refractivity contribution in [1.29, 1.82) is 0 Å². The van der Waals surface area contributed by atoms with Crippen LogP contribution < -0.4 is 10.6 Å². The quantitative estimate of drug-likeness (QED) is 0.607. The van der Waals surface area contributed by atoms with E-state index in [2.05, 4.69) is 20.6 Å². The van der Waals surface area contributed by atoms with Gasteiger partial charge in [-0.3, -0.25) is 0 Å². The van der Waals surface area contributed by atoms with Crippen molar-refractivity contribution in [3.05, 3.63) is 60.7 Å². The van der Waals surface area contributed by atoms with E-state index in [1.165, 1.54) is 0 Å². The second kappa shape index (κ2) is 7.00. The SMILES string of the molecule is CC(C)Nc1nc(Nc2ccc(O)cc2)cc(-c2ccccc2)n1. The van der Waals surface area contributed by atoms with E-state index in [4.69, 9.17) is 0 Å². The molecular formula is C19H20N4O. The molecule has 0 radical (unpaired) electrons. The van der Waals surface area contributed by atoms with Crippen LogP contribution >= 0.6 is 0 Å². The van der Waals surface area contributed by atoms with Crippen LogP contribution in [0.4, 0.5) is 17.5 Å². The first kappa shape index (κ1) is 15.8. The zero-order chi connectivity index (χ0) is 16.9. The molecule has 0 bridgehead atoms. The molecule has 1 aromatic heterocycles. The normalized spacial score (nSPS) is 10.6. The summed E-state index contributed by atoms with van der Waals surface area (Å²) in [5.74, 6) is 1.50. The molecule has 2 aromatic carbocycles. The first-order valence-electron chi connectivity index (χ1n) is 7.87. The molecule has 0 atom stereocenters. The summed E-state index contributed by atoms with van der Waals surface area (Å²) in [7, 11) is 0. The second-order valence-electron chi connectivity index (χ2n) is 5.80. The van der Waals surface area contributed by atoms with Crippen LogP contribution in [0.25, 0.3) is 11.3 Å². The van der Waals surface area contributed by atoms with Crippen LogP contribution in [-0.2, 0) is 0 Å². The van der Waals surface area contributed by atoms with Gasteiger partial charge in [-0.2, -0.15) is 4.98 Å². The lowest BCUT2D eigenvalue weighted by Gasteiger charge is -2.13. The molecule has 0 unspecified atom stereocenters. The zero-order valence-corrected chi connectivity index (χ0v) is 13.7. The minimum absolute atomic E-state index is 0.232. The fraction of sp³-hybridized carbons (Fsp3) is 0.158. The number of rotatable bonds is 5. The number of phenols is 1. The monoisotopic (exact) mass is 320 g/mol. The Hall–Kier alpha value is -3.08. The minimum atomic E-state index is 0.232. The lowest BCUT2D eigenvalue weighted by Crippen LogP contribution is -2.13. The summed E-state index contributed by atoms with van der Waals surface area (Å²) >= 11 is 0. The molecule has 0 saturated carbocycles. The number of anilines is 3. The number of nitrogens with one attached hydrogen (secondary N) is 2. The van der Waals surface area contributed by atoms with Crippen molar-refractivity contribution in [1.82, 2.24) is 9.97 Å². The van der Waals surface area contributed by atoms with E-state index in [9.17, 15) is 5.11 Å². The number of aromatic hydroxyl groups is 1. The van der Waals surface area contributed by atoms with Gasteiger partial charge in [0.05, 0.1) is 5.69 Å². The molecule has 0 spiro atoms. The van der Waals surface area contributed by atoms with E-state index in [1.807, 2.05) is 50.2 Å². The van der Waals surface area contributed by atoms with Gasteiger partial charge in [0.25, 0.3) is 0 Å². The van der Waals surface area contributed by atoms with Crippen LogP contribution in [0.3, 0.4) is 0 Å². The summed E-state index contributed by atoms with van der Waals surface area (Å²) in [4.78, 5) is 9.12. The summed E-state index contributed by atoms with van der Waals surface area (Å²) in [6.07, 6.45) is 0. The zero-order valence-electron chi connectivity index (χ0n) is 13.7. The van der Waals surface area contributed by atoms with Gasteiger partial charge in [-0.1, -0.05) is 30.3 Å². The smallest absolute Gasteiger partial charge is 0.225 e. The van der Waals surface area contributed by atoms with Crippen molar-refractivity contribution in [2.45, 2.75) is 19.9 Å². The number of phenolic OH excluding ortho intramolecular Hbond substituents is 1. The first-order chi connectivity index (χ1) is 11.6. The fourth-order valence-electron chi connectivity index (χ4n) is 2.28. The molecule has 122 valence electrons. The van der Waals surface area contributed by atoms with Crippen LogP contribution in [0.5, 0.6) is 5.75 Å². The van der Waals surface area contributed by atoms with E-state index in [-0.39, 0.29) is 11.8 Å². The van der Waals surface area contributed by atoms with Crippen molar-refractivity contribution in [3.8, 4) is 17.0 Å². The summed E-state index contributed by atoms with van der Waals surface area (Å²) in [6.45, 7) is 4.09. The number of aromatic nitrogens is 2. The van der Waals surface area contributed by atoms with E-state index < -0.39 is 0 Å². The summed E-state index contributed by atoms with van der Waals surface area (Å²) in [6, 6.07) is 19.0. The van der Waals surface area contributed by atoms with E-state index in [1.54, 1.807) is 24.3 Å². The van der Waals surface area contributed by atoms with Crippen LogP contribution in [-0.4, -0.2) is 21.1 Å². The number of hydrogen-bond acceptors (Lipinski definition) is 5. The highest BCUT2D eigenvalue weighted by atomic mass is 16.3. The standard InChI is InChI=1S/C19H20N4O/c1-13(2)20-19-22-17(14-6-4-3-5-7-14)12-18(23-19)21-15-8-10-16(24)11-9-15/h3-13,24H,1-2H3,(H2,20,21,22,23). The van der Waals surface area contributed by atoms with Crippen molar-refractivity contribution in [2.24, 2.45) is 0 Å². The van der Waals surface area contributed by atoms with Gasteiger partial charge >= 0.3 is 0 Å². The molecule has 0 aliphatic carbocycles. The van der Waals surface area contributed by atoms with Crippen LogP contribution in [0.15, 0.2) is 60.7 Å². The Morgan fingerprint density at radius 1 is 0.917 bits per heavy atom. The minimum Gasteiger partial charge on any atom is -0.508 e. The molecule has 0 aliphatic rings. The molecule has 24 heavy (non-hydrogen) atoms.